The van der Waals surface area contributed by atoms with Crippen LogP contribution in [0.4, 0.5) is 9.18 Å². The van der Waals surface area contributed by atoms with Gasteiger partial charge in [0.15, 0.2) is 12.0 Å². The molecule has 0 N–H and O–H groups in total. The Bertz CT molecular complexity index is 294. The maximum Gasteiger partial charge on any atom is 0.410 e. The molecule has 0 aromatic rings. The predicted molar refractivity (Wildman–Crippen MR) is 50.2 cm³/mol. The van der Waals surface area contributed by atoms with Crippen molar-refractivity contribution >= 4 is 11.9 Å². The number of hydrogen-bond acceptors (Lipinski definition) is 3. The molecular weight excluding hydrogens is 201 g/mol. The Morgan fingerprint density at radius 2 is 2.33 bits per heavy atom. The number of piperidine rings is 1. The third-order valence-electron chi connectivity index (χ3n) is 3.11. The standard InChI is InChI=1S/C10H14FNO3/c1-2-15-10(14)12-6-3-4-7(12)9(11)8(13)5-6/h6-7,9H,2-5H2,1H3/t6-,7+,9-/m1/s1. The molecule has 2 saturated heterocycles. The molecule has 1 amide bonds. The van der Waals surface area contributed by atoms with Crippen molar-refractivity contribution in [3.63, 3.8) is 0 Å². The highest BCUT2D eigenvalue weighted by Crippen LogP contribution is 2.35. The maximum absolute atomic E-state index is 13.5. The minimum atomic E-state index is -1.52. The Labute approximate surface area is 87.4 Å². The van der Waals surface area contributed by atoms with Crippen molar-refractivity contribution in [2.24, 2.45) is 0 Å². The van der Waals surface area contributed by atoms with E-state index in [1.807, 2.05) is 0 Å². The van der Waals surface area contributed by atoms with E-state index in [1.165, 1.54) is 4.90 Å². The van der Waals surface area contributed by atoms with Gasteiger partial charge in [0.1, 0.15) is 0 Å². The average Bonchev–Trinajstić information content (AvgIpc) is 2.54. The highest BCUT2D eigenvalue weighted by atomic mass is 19.1. The van der Waals surface area contributed by atoms with Gasteiger partial charge >= 0.3 is 6.09 Å². The van der Waals surface area contributed by atoms with Crippen molar-refractivity contribution in [2.45, 2.75) is 44.4 Å². The van der Waals surface area contributed by atoms with Gasteiger partial charge in [0, 0.05) is 12.5 Å². The van der Waals surface area contributed by atoms with Crippen LogP contribution in [-0.4, -0.2) is 41.6 Å². The summed E-state index contributed by atoms with van der Waals surface area (Å²) in [5, 5.41) is 0. The van der Waals surface area contributed by atoms with Crippen molar-refractivity contribution in [1.82, 2.24) is 4.90 Å². The molecule has 0 radical (unpaired) electrons. The number of alkyl halides is 1. The third-order valence-corrected chi connectivity index (χ3v) is 3.11. The van der Waals surface area contributed by atoms with Gasteiger partial charge in [0.2, 0.25) is 0 Å². The van der Waals surface area contributed by atoms with Crippen molar-refractivity contribution in [2.75, 3.05) is 6.61 Å². The molecule has 0 aliphatic carbocycles. The first-order valence-electron chi connectivity index (χ1n) is 5.27. The number of fused-ring (bicyclic) bond motifs is 2. The largest absolute Gasteiger partial charge is 0.450 e. The summed E-state index contributed by atoms with van der Waals surface area (Å²) in [5.41, 5.74) is 0. The van der Waals surface area contributed by atoms with Crippen LogP contribution >= 0.6 is 0 Å². The zero-order valence-electron chi connectivity index (χ0n) is 8.61. The lowest BCUT2D eigenvalue weighted by atomic mass is 10.0. The van der Waals surface area contributed by atoms with Crippen LogP contribution < -0.4 is 0 Å². The molecule has 2 rings (SSSR count). The molecule has 3 atom stereocenters. The van der Waals surface area contributed by atoms with Gasteiger partial charge in [-0.05, 0) is 19.8 Å². The molecule has 15 heavy (non-hydrogen) atoms. The minimum absolute atomic E-state index is 0.135. The lowest BCUT2D eigenvalue weighted by molar-refractivity contribution is -0.129. The molecule has 0 saturated carbocycles. The fourth-order valence-corrected chi connectivity index (χ4v) is 2.44. The first kappa shape index (κ1) is 10.4. The fourth-order valence-electron chi connectivity index (χ4n) is 2.44. The van der Waals surface area contributed by atoms with Gasteiger partial charge in [-0.15, -0.1) is 0 Å². The lowest BCUT2D eigenvalue weighted by Gasteiger charge is -2.34. The predicted octanol–water partition coefficient (Wildman–Crippen LogP) is 1.29. The van der Waals surface area contributed by atoms with Crippen LogP contribution in [-0.2, 0) is 9.53 Å². The summed E-state index contributed by atoms with van der Waals surface area (Å²) >= 11 is 0. The van der Waals surface area contributed by atoms with Gasteiger partial charge in [-0.3, -0.25) is 9.69 Å². The van der Waals surface area contributed by atoms with E-state index in [2.05, 4.69) is 0 Å². The Hall–Kier alpha value is -1.13. The van der Waals surface area contributed by atoms with E-state index in [9.17, 15) is 14.0 Å². The number of rotatable bonds is 1. The first-order valence-corrected chi connectivity index (χ1v) is 5.27. The van der Waals surface area contributed by atoms with Gasteiger partial charge in [-0.2, -0.15) is 0 Å². The molecule has 0 aromatic carbocycles. The van der Waals surface area contributed by atoms with Crippen LogP contribution in [0, 0.1) is 0 Å². The highest BCUT2D eigenvalue weighted by molar-refractivity contribution is 5.87. The van der Waals surface area contributed by atoms with Crippen LogP contribution in [0.25, 0.3) is 0 Å². The van der Waals surface area contributed by atoms with E-state index in [1.54, 1.807) is 6.92 Å². The molecular formula is C10H14FNO3. The molecule has 2 bridgehead atoms. The molecule has 0 aromatic heterocycles. The van der Waals surface area contributed by atoms with Gasteiger partial charge < -0.3 is 4.74 Å². The van der Waals surface area contributed by atoms with Crippen molar-refractivity contribution in [1.29, 1.82) is 0 Å². The summed E-state index contributed by atoms with van der Waals surface area (Å²) < 4.78 is 18.4. The molecule has 0 unspecified atom stereocenters. The quantitative estimate of drug-likeness (QED) is 0.662. The summed E-state index contributed by atoms with van der Waals surface area (Å²) in [6, 6.07) is -0.733. The summed E-state index contributed by atoms with van der Waals surface area (Å²) in [7, 11) is 0. The number of carbonyl (C=O) groups excluding carboxylic acids is 2. The van der Waals surface area contributed by atoms with Crippen LogP contribution in [0.2, 0.25) is 0 Å². The zero-order valence-corrected chi connectivity index (χ0v) is 8.61. The van der Waals surface area contributed by atoms with Gasteiger partial charge in [0.25, 0.3) is 0 Å². The van der Waals surface area contributed by atoms with Crippen LogP contribution in [0.5, 0.6) is 0 Å². The number of Topliss-reactive ketones (excluding diaryl/α,β-unsaturated/α-hetero) is 1. The molecule has 2 fully saturated rings. The van der Waals surface area contributed by atoms with E-state index < -0.39 is 18.3 Å². The van der Waals surface area contributed by atoms with E-state index in [-0.39, 0.29) is 24.9 Å². The van der Waals surface area contributed by atoms with E-state index in [0.29, 0.717) is 12.8 Å². The SMILES string of the molecule is CCOC(=O)N1[C@@H]2CC[C@H]1[C@@H](F)C(=O)C2. The normalized spacial score (nSPS) is 34.4. The Balaban J connectivity index is 2.14. The average molecular weight is 215 g/mol. The topological polar surface area (TPSA) is 46.6 Å². The highest BCUT2D eigenvalue weighted by Gasteiger charge is 2.49. The van der Waals surface area contributed by atoms with Crippen LogP contribution in [0.1, 0.15) is 26.2 Å². The number of carbonyl (C=O) groups is 2. The fraction of sp³-hybridized carbons (Fsp3) is 0.800. The summed E-state index contributed by atoms with van der Waals surface area (Å²) in [6.45, 7) is 1.99. The first-order chi connectivity index (χ1) is 7.15. The van der Waals surface area contributed by atoms with Crippen molar-refractivity contribution in [3.05, 3.63) is 0 Å². The second kappa shape index (κ2) is 3.79. The van der Waals surface area contributed by atoms with Gasteiger partial charge in [-0.1, -0.05) is 0 Å². The molecule has 2 heterocycles. The molecule has 0 spiro atoms. The summed E-state index contributed by atoms with van der Waals surface area (Å²) in [4.78, 5) is 24.2. The maximum atomic E-state index is 13.5. The van der Waals surface area contributed by atoms with Gasteiger partial charge in [0.05, 0.1) is 12.6 Å². The van der Waals surface area contributed by atoms with Crippen LogP contribution in [0.3, 0.4) is 0 Å². The third kappa shape index (κ3) is 1.60. The van der Waals surface area contributed by atoms with Crippen molar-refractivity contribution in [3.8, 4) is 0 Å². The van der Waals surface area contributed by atoms with E-state index >= 15 is 0 Å². The van der Waals surface area contributed by atoms with Crippen molar-refractivity contribution < 1.29 is 18.7 Å². The minimum Gasteiger partial charge on any atom is -0.450 e. The number of nitrogens with zero attached hydrogens (tertiary/aromatic N) is 1. The number of amides is 1. The molecule has 84 valence electrons. The second-order valence-electron chi connectivity index (χ2n) is 3.98. The summed E-state index contributed by atoms with van der Waals surface area (Å²) in [5.74, 6) is -0.372. The number of hydrogen-bond donors (Lipinski definition) is 0. The molecule has 4 nitrogen and oxygen atoms in total. The lowest BCUT2D eigenvalue weighted by Crippen LogP contribution is -2.53. The number of ether oxygens (including phenoxy) is 1. The Morgan fingerprint density at radius 1 is 1.60 bits per heavy atom. The molecule has 2 aliphatic heterocycles. The number of ketones is 1. The Kier molecular flexibility index (Phi) is 2.63. The summed E-state index contributed by atoms with van der Waals surface area (Å²) in [6.07, 6.45) is -0.601. The van der Waals surface area contributed by atoms with E-state index in [4.69, 9.17) is 4.74 Å². The van der Waals surface area contributed by atoms with E-state index in [0.717, 1.165) is 0 Å². The molecule has 2 aliphatic rings. The van der Waals surface area contributed by atoms with Crippen LogP contribution in [0.15, 0.2) is 0 Å². The van der Waals surface area contributed by atoms with Gasteiger partial charge in [-0.25, -0.2) is 9.18 Å². The number of halogens is 1. The monoisotopic (exact) mass is 215 g/mol. The second-order valence-corrected chi connectivity index (χ2v) is 3.98. The smallest absolute Gasteiger partial charge is 0.410 e. The molecule has 5 heteroatoms. The zero-order chi connectivity index (χ0) is 11.0. The Morgan fingerprint density at radius 3 is 3.00 bits per heavy atom.